The fraction of sp³-hybridized carbons (Fsp3) is 0.462. The lowest BCUT2D eigenvalue weighted by atomic mass is 10.1. The number of likely N-dealkylation sites (N-methyl/N-ethyl adjacent to an activating group) is 1. The molecule has 0 saturated heterocycles. The molecule has 0 saturated carbocycles. The molecule has 7 nitrogen and oxygen atoms in total. The molecule has 1 atom stereocenters. The minimum absolute atomic E-state index is 0.0610. The summed E-state index contributed by atoms with van der Waals surface area (Å²) in [7, 11) is 1.49. The Bertz CT molecular complexity index is 550. The molecule has 0 heterocycles. The Morgan fingerprint density at radius 2 is 2.19 bits per heavy atom. The van der Waals surface area contributed by atoms with Gasteiger partial charge in [0.1, 0.15) is 11.5 Å². The zero-order chi connectivity index (χ0) is 16.2. The van der Waals surface area contributed by atoms with Gasteiger partial charge in [0.25, 0.3) is 5.69 Å². The summed E-state index contributed by atoms with van der Waals surface area (Å²) in [5.74, 6) is -2.60. The minimum atomic E-state index is -1.47. The first kappa shape index (κ1) is 16.8. The lowest BCUT2D eigenvalue weighted by Crippen LogP contribution is -2.36. The van der Waals surface area contributed by atoms with Crippen LogP contribution in [0, 0.1) is 15.9 Å². The van der Waals surface area contributed by atoms with Crippen LogP contribution in [0.25, 0.3) is 0 Å². The molecule has 1 aromatic rings. The molecule has 1 unspecified atom stereocenters. The maximum absolute atomic E-state index is 13.6. The lowest BCUT2D eigenvalue weighted by Gasteiger charge is -2.29. The highest BCUT2D eigenvalue weighted by Crippen LogP contribution is 2.32. The number of nitro benzene ring substituents is 1. The van der Waals surface area contributed by atoms with Crippen LogP contribution in [0.2, 0.25) is 0 Å². The fourth-order valence-electron chi connectivity index (χ4n) is 2.14. The Morgan fingerprint density at radius 1 is 1.57 bits per heavy atom. The smallest absolute Gasteiger partial charge is 0.338 e. The van der Waals surface area contributed by atoms with E-state index in [4.69, 9.17) is 9.84 Å². The van der Waals surface area contributed by atoms with Crippen LogP contribution >= 0.6 is 0 Å². The van der Waals surface area contributed by atoms with Crippen LogP contribution in [0.1, 0.15) is 24.2 Å². The summed E-state index contributed by atoms with van der Waals surface area (Å²) < 4.78 is 18.6. The molecule has 0 aliphatic heterocycles. The Kier molecular flexibility index (Phi) is 5.60. The summed E-state index contributed by atoms with van der Waals surface area (Å²) in [6, 6.07) is 1.40. The normalized spacial score (nSPS) is 12.0. The number of carbonyl (C=O) groups is 1. The van der Waals surface area contributed by atoms with E-state index in [1.165, 1.54) is 7.11 Å². The van der Waals surface area contributed by atoms with Crippen molar-refractivity contribution in [2.75, 3.05) is 25.2 Å². The van der Waals surface area contributed by atoms with E-state index in [0.29, 0.717) is 19.2 Å². The summed E-state index contributed by atoms with van der Waals surface area (Å²) in [5.41, 5.74) is -1.01. The number of anilines is 1. The topological polar surface area (TPSA) is 92.9 Å². The van der Waals surface area contributed by atoms with Crippen molar-refractivity contribution in [2.45, 2.75) is 19.9 Å². The molecular formula is C13H17FN2O5. The zero-order valence-electron chi connectivity index (χ0n) is 12.0. The SMILES string of the molecule is CCN(c1cc(C(=O)O)c(F)cc1[N+](=O)[O-])C(C)COC. The van der Waals surface area contributed by atoms with E-state index in [1.54, 1.807) is 18.7 Å². The van der Waals surface area contributed by atoms with Gasteiger partial charge in [0.15, 0.2) is 0 Å². The molecule has 0 fully saturated rings. The molecule has 0 radical (unpaired) electrons. The van der Waals surface area contributed by atoms with Gasteiger partial charge < -0.3 is 14.7 Å². The van der Waals surface area contributed by atoms with Gasteiger partial charge in [-0.05, 0) is 19.9 Å². The highest BCUT2D eigenvalue weighted by Gasteiger charge is 2.26. The second kappa shape index (κ2) is 6.98. The van der Waals surface area contributed by atoms with Crippen molar-refractivity contribution in [1.82, 2.24) is 0 Å². The molecule has 21 heavy (non-hydrogen) atoms. The minimum Gasteiger partial charge on any atom is -0.478 e. The first-order valence-corrected chi connectivity index (χ1v) is 6.30. The van der Waals surface area contributed by atoms with Crippen molar-refractivity contribution in [3.8, 4) is 0 Å². The van der Waals surface area contributed by atoms with Crippen molar-refractivity contribution in [2.24, 2.45) is 0 Å². The van der Waals surface area contributed by atoms with Crippen molar-refractivity contribution in [3.63, 3.8) is 0 Å². The molecule has 1 aromatic carbocycles. The maximum atomic E-state index is 13.6. The number of carboxylic acids is 1. The second-order valence-electron chi connectivity index (χ2n) is 4.47. The van der Waals surface area contributed by atoms with Gasteiger partial charge in [-0.2, -0.15) is 0 Å². The van der Waals surface area contributed by atoms with Crippen LogP contribution in [0.3, 0.4) is 0 Å². The number of benzene rings is 1. The van der Waals surface area contributed by atoms with Crippen molar-refractivity contribution < 1.29 is 24.0 Å². The predicted molar refractivity (Wildman–Crippen MR) is 74.4 cm³/mol. The average molecular weight is 300 g/mol. The van der Waals surface area contributed by atoms with Gasteiger partial charge in [-0.1, -0.05) is 0 Å². The van der Waals surface area contributed by atoms with E-state index in [0.717, 1.165) is 6.07 Å². The quantitative estimate of drug-likeness (QED) is 0.613. The van der Waals surface area contributed by atoms with Gasteiger partial charge >= 0.3 is 5.97 Å². The van der Waals surface area contributed by atoms with Crippen LogP contribution in [0.15, 0.2) is 12.1 Å². The number of methoxy groups -OCH3 is 1. The predicted octanol–water partition coefficient (Wildman–Crippen LogP) is 2.29. The molecule has 8 heteroatoms. The summed E-state index contributed by atoms with van der Waals surface area (Å²) in [5, 5.41) is 20.1. The monoisotopic (exact) mass is 300 g/mol. The Hall–Kier alpha value is -2.22. The van der Waals surface area contributed by atoms with Gasteiger partial charge in [0.2, 0.25) is 0 Å². The average Bonchev–Trinajstić information content (AvgIpc) is 2.40. The van der Waals surface area contributed by atoms with Crippen LogP contribution in [0.5, 0.6) is 0 Å². The van der Waals surface area contributed by atoms with E-state index in [-0.39, 0.29) is 11.7 Å². The van der Waals surface area contributed by atoms with Crippen LogP contribution < -0.4 is 4.90 Å². The molecule has 0 aromatic heterocycles. The molecule has 1 rings (SSSR count). The third kappa shape index (κ3) is 3.66. The Balaban J connectivity index is 3.45. The summed E-state index contributed by atoms with van der Waals surface area (Å²) in [4.78, 5) is 23.0. The van der Waals surface area contributed by atoms with Gasteiger partial charge in [-0.25, -0.2) is 9.18 Å². The third-order valence-electron chi connectivity index (χ3n) is 3.08. The van der Waals surface area contributed by atoms with Crippen molar-refractivity contribution in [3.05, 3.63) is 33.6 Å². The van der Waals surface area contributed by atoms with Crippen LogP contribution in [0.4, 0.5) is 15.8 Å². The van der Waals surface area contributed by atoms with E-state index in [1.807, 2.05) is 0 Å². The van der Waals surface area contributed by atoms with Gasteiger partial charge in [-0.3, -0.25) is 10.1 Å². The fourth-order valence-corrected chi connectivity index (χ4v) is 2.14. The standard InChI is InChI=1S/C13H17FN2O5/c1-4-15(8(2)7-21-3)11-5-9(13(17)18)10(14)6-12(11)16(19)20/h5-6,8H,4,7H2,1-3H3,(H,17,18). The van der Waals surface area contributed by atoms with Gasteiger partial charge in [-0.15, -0.1) is 0 Å². The third-order valence-corrected chi connectivity index (χ3v) is 3.08. The molecule has 0 bridgehead atoms. The number of aromatic carboxylic acids is 1. The summed E-state index contributed by atoms with van der Waals surface area (Å²) in [6.45, 7) is 4.22. The Morgan fingerprint density at radius 3 is 2.62 bits per heavy atom. The Labute approximate surface area is 121 Å². The largest absolute Gasteiger partial charge is 0.478 e. The highest BCUT2D eigenvalue weighted by molar-refractivity contribution is 5.90. The first-order valence-electron chi connectivity index (χ1n) is 6.30. The van der Waals surface area contributed by atoms with E-state index in [2.05, 4.69) is 0 Å². The van der Waals surface area contributed by atoms with Crippen LogP contribution in [-0.4, -0.2) is 42.3 Å². The van der Waals surface area contributed by atoms with Gasteiger partial charge in [0.05, 0.1) is 23.2 Å². The number of rotatable bonds is 7. The lowest BCUT2D eigenvalue weighted by molar-refractivity contribution is -0.384. The molecule has 1 N–H and O–H groups in total. The molecule has 116 valence electrons. The molecule has 0 aliphatic carbocycles. The number of hydrogen-bond donors (Lipinski definition) is 1. The second-order valence-corrected chi connectivity index (χ2v) is 4.47. The van der Waals surface area contributed by atoms with E-state index < -0.39 is 28.0 Å². The molecule has 0 spiro atoms. The molecule has 0 amide bonds. The number of halogens is 1. The maximum Gasteiger partial charge on any atom is 0.338 e. The van der Waals surface area contributed by atoms with E-state index >= 15 is 0 Å². The molecular weight excluding hydrogens is 283 g/mol. The molecule has 0 aliphatic rings. The summed E-state index contributed by atoms with van der Waals surface area (Å²) >= 11 is 0. The number of nitro groups is 1. The number of nitrogens with zero attached hydrogens (tertiary/aromatic N) is 2. The van der Waals surface area contributed by atoms with Crippen molar-refractivity contribution in [1.29, 1.82) is 0 Å². The van der Waals surface area contributed by atoms with Gasteiger partial charge in [0, 0.05) is 19.7 Å². The van der Waals surface area contributed by atoms with Crippen LogP contribution in [-0.2, 0) is 4.74 Å². The first-order chi connectivity index (χ1) is 9.83. The van der Waals surface area contributed by atoms with Crippen molar-refractivity contribution >= 4 is 17.3 Å². The zero-order valence-corrected chi connectivity index (χ0v) is 12.0. The number of carboxylic acid groups (broad SMARTS) is 1. The highest BCUT2D eigenvalue weighted by atomic mass is 19.1. The number of hydrogen-bond acceptors (Lipinski definition) is 5. The van der Waals surface area contributed by atoms with E-state index in [9.17, 15) is 19.3 Å². The summed E-state index contributed by atoms with van der Waals surface area (Å²) in [6.07, 6.45) is 0. The number of ether oxygens (including phenoxy) is 1.